The molecule has 1 aromatic rings. The van der Waals surface area contributed by atoms with E-state index >= 15 is 0 Å². The summed E-state index contributed by atoms with van der Waals surface area (Å²) in [5.41, 5.74) is 0.986. The molecule has 1 rings (SSSR count). The van der Waals surface area contributed by atoms with Crippen LogP contribution in [-0.4, -0.2) is 15.4 Å². The molecule has 0 bridgehead atoms. The van der Waals surface area contributed by atoms with E-state index < -0.39 is 8.32 Å². The quantitative estimate of drug-likeness (QED) is 0.397. The van der Waals surface area contributed by atoms with Crippen molar-refractivity contribution in [3.63, 3.8) is 0 Å². The number of hydrogen-bond donors (Lipinski definition) is 0. The second kappa shape index (κ2) is 6.35. The van der Waals surface area contributed by atoms with Crippen LogP contribution >= 0.6 is 22.6 Å². The Morgan fingerprint density at radius 2 is 1.85 bits per heavy atom. The van der Waals surface area contributed by atoms with Gasteiger partial charge in [0, 0.05) is 9.13 Å². The molecule has 0 spiro atoms. The molecule has 0 heterocycles. The predicted octanol–water partition coefficient (Wildman–Crippen LogP) is 5.10. The fraction of sp³-hybridized carbons (Fsp3) is 0.533. The summed E-state index contributed by atoms with van der Waals surface area (Å²) >= 11 is 2.25. The Labute approximate surface area is 136 Å². The Balaban J connectivity index is 3.20. The minimum atomic E-state index is -1.90. The molecule has 5 heteroatoms. The first-order valence-electron chi connectivity index (χ1n) is 6.51. The van der Waals surface area contributed by atoms with Gasteiger partial charge in [0.1, 0.15) is 5.75 Å². The smallest absolute Gasteiger partial charge is 0.250 e. The van der Waals surface area contributed by atoms with Crippen molar-refractivity contribution in [2.45, 2.75) is 45.4 Å². The lowest BCUT2D eigenvalue weighted by molar-refractivity contribution is 0.385. The zero-order chi connectivity index (χ0) is 15.6. The van der Waals surface area contributed by atoms with Gasteiger partial charge in [0.05, 0.1) is 7.11 Å². The maximum atomic E-state index is 7.00. The van der Waals surface area contributed by atoms with E-state index in [1.165, 1.54) is 0 Å². The van der Waals surface area contributed by atoms with Crippen LogP contribution in [0.2, 0.25) is 18.1 Å². The molecule has 0 aliphatic rings. The summed E-state index contributed by atoms with van der Waals surface area (Å²) in [5, 5.41) is 0.138. The molecule has 0 atom stereocenters. The molecule has 0 aliphatic heterocycles. The lowest BCUT2D eigenvalue weighted by Crippen LogP contribution is -2.44. The molecular weight excluding hydrogens is 381 g/mol. The van der Waals surface area contributed by atoms with E-state index in [-0.39, 0.29) is 5.04 Å². The van der Waals surface area contributed by atoms with Gasteiger partial charge in [0.25, 0.3) is 8.32 Å². The van der Waals surface area contributed by atoms with Gasteiger partial charge in [-0.3, -0.25) is 0 Å². The number of benzene rings is 1. The third-order valence-electron chi connectivity index (χ3n) is 3.75. The summed E-state index contributed by atoms with van der Waals surface area (Å²) in [7, 11) is -0.255. The average Bonchev–Trinajstić information content (AvgIpc) is 2.30. The first-order chi connectivity index (χ1) is 9.12. The lowest BCUT2D eigenvalue weighted by atomic mass is 10.2. The van der Waals surface area contributed by atoms with E-state index in [1.54, 1.807) is 7.11 Å². The van der Waals surface area contributed by atoms with E-state index in [0.717, 1.165) is 14.9 Å². The average molecular weight is 403 g/mol. The lowest BCUT2D eigenvalue weighted by Gasteiger charge is -2.36. The maximum absolute atomic E-state index is 7.00. The number of methoxy groups -OCH3 is 1. The number of hydrogen-bond acceptors (Lipinski definition) is 2. The molecule has 110 valence electrons. The number of ether oxygens (including phenoxy) is 1. The van der Waals surface area contributed by atoms with Crippen LogP contribution < -0.4 is 9.16 Å². The molecule has 0 aromatic heterocycles. The molecule has 0 N–H and O–H groups in total. The molecule has 0 radical (unpaired) electrons. The van der Waals surface area contributed by atoms with Crippen molar-refractivity contribution in [2.75, 3.05) is 7.11 Å². The van der Waals surface area contributed by atoms with E-state index in [2.05, 4.69) is 61.3 Å². The molecule has 0 amide bonds. The molecule has 0 aliphatic carbocycles. The molecule has 0 unspecified atom stereocenters. The van der Waals surface area contributed by atoms with Crippen molar-refractivity contribution in [2.24, 2.45) is 0 Å². The third-order valence-corrected chi connectivity index (χ3v) is 9.10. The van der Waals surface area contributed by atoms with Crippen LogP contribution in [0.25, 0.3) is 4.85 Å². The molecular formula is C15H22INO2Si. The second-order valence-electron chi connectivity index (χ2n) is 6.27. The highest BCUT2D eigenvalue weighted by atomic mass is 127. The van der Waals surface area contributed by atoms with Crippen LogP contribution in [0.3, 0.4) is 0 Å². The molecule has 0 saturated heterocycles. The van der Waals surface area contributed by atoms with Crippen molar-refractivity contribution in [3.8, 4) is 11.5 Å². The van der Waals surface area contributed by atoms with Crippen molar-refractivity contribution >= 4 is 30.9 Å². The minimum absolute atomic E-state index is 0.138. The van der Waals surface area contributed by atoms with Gasteiger partial charge in [-0.2, -0.15) is 0 Å². The summed E-state index contributed by atoms with van der Waals surface area (Å²) in [6.45, 7) is 18.4. The first-order valence-corrected chi connectivity index (χ1v) is 10.5. The SMILES string of the molecule is [C-]#[N+]Cc1cc(OC)c(O[Si](C)(C)C(C)(C)C)cc1I. The van der Waals surface area contributed by atoms with Gasteiger partial charge in [-0.1, -0.05) is 20.8 Å². The van der Waals surface area contributed by atoms with Crippen LogP contribution in [0, 0.1) is 10.1 Å². The van der Waals surface area contributed by atoms with E-state index in [4.69, 9.17) is 15.7 Å². The summed E-state index contributed by atoms with van der Waals surface area (Å²) < 4.78 is 12.8. The fourth-order valence-corrected chi connectivity index (χ4v) is 3.08. The topological polar surface area (TPSA) is 22.8 Å². The fourth-order valence-electron chi connectivity index (χ4n) is 1.45. The van der Waals surface area contributed by atoms with Crippen LogP contribution in [0.4, 0.5) is 0 Å². The van der Waals surface area contributed by atoms with Crippen molar-refractivity contribution < 1.29 is 9.16 Å². The zero-order valence-corrected chi connectivity index (χ0v) is 16.2. The van der Waals surface area contributed by atoms with E-state index in [1.807, 2.05) is 12.1 Å². The Hall–Kier alpha value is -0.743. The van der Waals surface area contributed by atoms with Gasteiger partial charge in [0.15, 0.2) is 5.75 Å². The standard InChI is InChI=1S/C15H22INO2Si/c1-15(2,3)20(6,7)19-14-9-12(16)11(10-17-4)8-13(14)18-5/h8-9H,10H2,1-3,5-7H3. The Morgan fingerprint density at radius 1 is 1.25 bits per heavy atom. The minimum Gasteiger partial charge on any atom is -0.541 e. The summed E-state index contributed by atoms with van der Waals surface area (Å²) in [6, 6.07) is 3.91. The normalized spacial score (nSPS) is 11.9. The van der Waals surface area contributed by atoms with Gasteiger partial charge in [-0.25, -0.2) is 6.57 Å². The molecule has 0 fully saturated rings. The van der Waals surface area contributed by atoms with E-state index in [0.29, 0.717) is 12.3 Å². The highest BCUT2D eigenvalue weighted by Crippen LogP contribution is 2.41. The van der Waals surface area contributed by atoms with Crippen LogP contribution in [0.5, 0.6) is 11.5 Å². The monoisotopic (exact) mass is 403 g/mol. The largest absolute Gasteiger partial charge is 0.541 e. The maximum Gasteiger partial charge on any atom is 0.250 e. The third kappa shape index (κ3) is 3.89. The molecule has 1 aromatic carbocycles. The highest BCUT2D eigenvalue weighted by Gasteiger charge is 2.39. The molecule has 20 heavy (non-hydrogen) atoms. The van der Waals surface area contributed by atoms with Crippen LogP contribution in [0.1, 0.15) is 26.3 Å². The Morgan fingerprint density at radius 3 is 2.30 bits per heavy atom. The second-order valence-corrected chi connectivity index (χ2v) is 12.2. The Bertz CT molecular complexity index is 530. The van der Waals surface area contributed by atoms with Crippen LogP contribution in [0.15, 0.2) is 12.1 Å². The number of nitrogens with zero attached hydrogens (tertiary/aromatic N) is 1. The van der Waals surface area contributed by atoms with Gasteiger partial charge in [-0.15, -0.1) is 0 Å². The van der Waals surface area contributed by atoms with Crippen molar-refractivity contribution in [1.29, 1.82) is 0 Å². The van der Waals surface area contributed by atoms with Crippen molar-refractivity contribution in [1.82, 2.24) is 0 Å². The predicted molar refractivity (Wildman–Crippen MR) is 93.8 cm³/mol. The summed E-state index contributed by atoms with van der Waals surface area (Å²) in [5.74, 6) is 1.51. The Kier molecular flexibility index (Phi) is 5.50. The van der Waals surface area contributed by atoms with E-state index in [9.17, 15) is 0 Å². The number of halogens is 1. The number of rotatable bonds is 4. The van der Waals surface area contributed by atoms with Gasteiger partial charge >= 0.3 is 0 Å². The van der Waals surface area contributed by atoms with Crippen LogP contribution in [-0.2, 0) is 6.54 Å². The van der Waals surface area contributed by atoms with Gasteiger partial charge in [-0.05, 0) is 52.9 Å². The molecule has 0 saturated carbocycles. The van der Waals surface area contributed by atoms with Gasteiger partial charge in [0.2, 0.25) is 6.54 Å². The molecule has 3 nitrogen and oxygen atoms in total. The zero-order valence-electron chi connectivity index (χ0n) is 13.0. The van der Waals surface area contributed by atoms with Crippen molar-refractivity contribution in [3.05, 3.63) is 32.7 Å². The summed E-state index contributed by atoms with van der Waals surface area (Å²) in [4.78, 5) is 3.44. The van der Waals surface area contributed by atoms with Gasteiger partial charge < -0.3 is 14.0 Å². The first kappa shape index (κ1) is 17.3. The summed E-state index contributed by atoms with van der Waals surface area (Å²) in [6.07, 6.45) is 0. The highest BCUT2D eigenvalue weighted by molar-refractivity contribution is 14.1.